The van der Waals surface area contributed by atoms with Gasteiger partial charge in [0, 0.05) is 6.42 Å². The summed E-state index contributed by atoms with van der Waals surface area (Å²) in [5.74, 6) is 0. The molecule has 0 aromatic rings. The Balaban J connectivity index is 4.34. The van der Waals surface area contributed by atoms with Gasteiger partial charge in [0.05, 0.1) is 12.2 Å². The predicted molar refractivity (Wildman–Crippen MR) is 71.2 cm³/mol. The van der Waals surface area contributed by atoms with Crippen molar-refractivity contribution in [2.75, 3.05) is 6.61 Å². The molecule has 5 heteroatoms. The second-order valence-corrected chi connectivity index (χ2v) is 11.4. The molecule has 4 nitrogen and oxygen atoms in total. The molecule has 2 N–H and O–H groups in total. The first-order valence-corrected chi connectivity index (χ1v) is 8.97. The van der Waals surface area contributed by atoms with Crippen LogP contribution in [0.25, 0.3) is 0 Å². The third-order valence-electron chi connectivity index (χ3n) is 3.13. The zero-order valence-corrected chi connectivity index (χ0v) is 13.2. The van der Waals surface area contributed by atoms with Gasteiger partial charge in [0.25, 0.3) is 0 Å². The molecule has 0 amide bonds. The monoisotopic (exact) mass is 264 g/mol. The van der Waals surface area contributed by atoms with Crippen LogP contribution in [0.2, 0.25) is 18.1 Å². The number of hydrogen-bond donors (Lipinski definition) is 2. The van der Waals surface area contributed by atoms with Crippen molar-refractivity contribution in [3.05, 3.63) is 0 Å². The average Bonchev–Trinajstić information content (AvgIpc) is 2.08. The lowest BCUT2D eigenvalue weighted by Crippen LogP contribution is -2.43. The van der Waals surface area contributed by atoms with Crippen LogP contribution < -0.4 is 0 Å². The summed E-state index contributed by atoms with van der Waals surface area (Å²) in [5, 5.41) is 18.9. The van der Waals surface area contributed by atoms with Crippen LogP contribution in [0, 0.1) is 0 Å². The lowest BCUT2D eigenvalue weighted by molar-refractivity contribution is -0.273. The standard InChI is InChI=1S/C12H28O4Si/c1-11(2,3)17(6,7)16-15-10(9-13)8-12(4,5)14/h10,13-14H,8-9H2,1-7H3. The van der Waals surface area contributed by atoms with Gasteiger partial charge in [-0.25, -0.2) is 4.89 Å². The predicted octanol–water partition coefficient (Wildman–Crippen LogP) is 2.46. The topological polar surface area (TPSA) is 58.9 Å². The quantitative estimate of drug-likeness (QED) is 0.439. The van der Waals surface area contributed by atoms with E-state index in [1.807, 2.05) is 0 Å². The summed E-state index contributed by atoms with van der Waals surface area (Å²) >= 11 is 0. The molecular weight excluding hydrogens is 236 g/mol. The Hall–Kier alpha value is 0.0569. The Morgan fingerprint density at radius 1 is 1.12 bits per heavy atom. The van der Waals surface area contributed by atoms with Crippen LogP contribution in [0.4, 0.5) is 0 Å². The lowest BCUT2D eigenvalue weighted by Gasteiger charge is -2.36. The molecule has 0 aliphatic carbocycles. The fourth-order valence-electron chi connectivity index (χ4n) is 0.999. The van der Waals surface area contributed by atoms with E-state index in [9.17, 15) is 10.2 Å². The van der Waals surface area contributed by atoms with Gasteiger partial charge in [-0.15, -0.1) is 0 Å². The van der Waals surface area contributed by atoms with E-state index in [1.54, 1.807) is 13.8 Å². The molecule has 0 aliphatic heterocycles. The van der Waals surface area contributed by atoms with Gasteiger partial charge in [0.1, 0.15) is 6.10 Å². The molecule has 0 fully saturated rings. The van der Waals surface area contributed by atoms with Crippen LogP contribution >= 0.6 is 0 Å². The molecule has 104 valence electrons. The normalized spacial score (nSPS) is 16.1. The maximum atomic E-state index is 9.67. The molecule has 0 aromatic heterocycles. The lowest BCUT2D eigenvalue weighted by atomic mass is 10.0. The highest BCUT2D eigenvalue weighted by molar-refractivity contribution is 6.73. The zero-order chi connectivity index (χ0) is 13.9. The molecular formula is C12H28O4Si. The molecule has 1 atom stereocenters. The van der Waals surface area contributed by atoms with Gasteiger partial charge in [0.15, 0.2) is 0 Å². The molecule has 0 aliphatic rings. The van der Waals surface area contributed by atoms with Crippen LogP contribution in [0.5, 0.6) is 0 Å². The van der Waals surface area contributed by atoms with Gasteiger partial charge in [-0.2, -0.15) is 0 Å². The van der Waals surface area contributed by atoms with E-state index in [0.717, 1.165) is 0 Å². The van der Waals surface area contributed by atoms with Gasteiger partial charge in [-0.3, -0.25) is 4.58 Å². The molecule has 0 spiro atoms. The van der Waals surface area contributed by atoms with E-state index in [1.165, 1.54) is 0 Å². The number of hydrogen-bond acceptors (Lipinski definition) is 4. The molecule has 17 heavy (non-hydrogen) atoms. The fraction of sp³-hybridized carbons (Fsp3) is 1.00. The number of rotatable bonds is 6. The van der Waals surface area contributed by atoms with Crippen molar-refractivity contribution in [3.63, 3.8) is 0 Å². The highest BCUT2D eigenvalue weighted by Crippen LogP contribution is 2.37. The van der Waals surface area contributed by atoms with E-state index in [0.29, 0.717) is 6.42 Å². The van der Waals surface area contributed by atoms with Crippen LogP contribution in [0.1, 0.15) is 41.0 Å². The molecule has 0 saturated carbocycles. The molecule has 0 heterocycles. The highest BCUT2D eigenvalue weighted by atomic mass is 28.4. The largest absolute Gasteiger partial charge is 0.394 e. The third-order valence-corrected chi connectivity index (χ3v) is 7.25. The number of aliphatic hydroxyl groups excluding tert-OH is 1. The maximum absolute atomic E-state index is 9.67. The first kappa shape index (κ1) is 17.1. The van der Waals surface area contributed by atoms with Crippen LogP contribution in [0.15, 0.2) is 0 Å². The van der Waals surface area contributed by atoms with E-state index < -0.39 is 20.0 Å². The van der Waals surface area contributed by atoms with Gasteiger partial charge in [-0.1, -0.05) is 20.8 Å². The summed E-state index contributed by atoms with van der Waals surface area (Å²) in [6.45, 7) is 13.7. The van der Waals surface area contributed by atoms with Crippen molar-refractivity contribution < 1.29 is 19.7 Å². The van der Waals surface area contributed by atoms with Gasteiger partial charge in [-0.05, 0) is 32.0 Å². The van der Waals surface area contributed by atoms with Crippen LogP contribution in [0.3, 0.4) is 0 Å². The zero-order valence-electron chi connectivity index (χ0n) is 12.2. The van der Waals surface area contributed by atoms with E-state index in [4.69, 9.17) is 9.46 Å². The minimum absolute atomic E-state index is 0.0573. The minimum Gasteiger partial charge on any atom is -0.394 e. The van der Waals surface area contributed by atoms with Crippen molar-refractivity contribution in [2.24, 2.45) is 0 Å². The smallest absolute Gasteiger partial charge is 0.238 e. The van der Waals surface area contributed by atoms with E-state index in [-0.39, 0.29) is 11.6 Å². The van der Waals surface area contributed by atoms with E-state index >= 15 is 0 Å². The summed E-state index contributed by atoms with van der Waals surface area (Å²) in [7, 11) is -1.97. The minimum atomic E-state index is -1.97. The Bertz CT molecular complexity index is 228. The Labute approximate surface area is 106 Å². The molecule has 0 saturated heterocycles. The summed E-state index contributed by atoms with van der Waals surface area (Å²) in [5.41, 5.74) is -0.871. The van der Waals surface area contributed by atoms with Gasteiger partial charge >= 0.3 is 0 Å². The fourth-order valence-corrected chi connectivity index (χ4v) is 1.63. The Morgan fingerprint density at radius 3 is 1.88 bits per heavy atom. The first-order chi connectivity index (χ1) is 7.39. The maximum Gasteiger partial charge on any atom is 0.238 e. The van der Waals surface area contributed by atoms with Crippen molar-refractivity contribution in [3.8, 4) is 0 Å². The van der Waals surface area contributed by atoms with Gasteiger partial charge in [0.2, 0.25) is 8.32 Å². The average molecular weight is 264 g/mol. The van der Waals surface area contributed by atoms with Gasteiger partial charge < -0.3 is 10.2 Å². The van der Waals surface area contributed by atoms with Crippen molar-refractivity contribution in [1.29, 1.82) is 0 Å². The SMILES string of the molecule is CC(C)(O)CC(CO)OO[Si](C)(C)C(C)(C)C. The Morgan fingerprint density at radius 2 is 1.59 bits per heavy atom. The molecule has 0 aromatic carbocycles. The van der Waals surface area contributed by atoms with Crippen molar-refractivity contribution in [2.45, 2.75) is 70.9 Å². The third kappa shape index (κ3) is 6.52. The summed E-state index contributed by atoms with van der Waals surface area (Å²) in [6, 6.07) is 0. The summed E-state index contributed by atoms with van der Waals surface area (Å²) < 4.78 is 5.56. The van der Waals surface area contributed by atoms with Crippen molar-refractivity contribution >= 4 is 8.32 Å². The molecule has 0 bridgehead atoms. The summed E-state index contributed by atoms with van der Waals surface area (Å²) in [6.07, 6.45) is -0.137. The first-order valence-electron chi connectivity index (χ1n) is 6.07. The number of aliphatic hydroxyl groups is 2. The molecule has 0 radical (unpaired) electrons. The van der Waals surface area contributed by atoms with E-state index in [2.05, 4.69) is 33.9 Å². The van der Waals surface area contributed by atoms with Crippen molar-refractivity contribution in [1.82, 2.24) is 0 Å². The second-order valence-electron chi connectivity index (χ2n) is 6.76. The van der Waals surface area contributed by atoms with Crippen LogP contribution in [-0.2, 0) is 9.46 Å². The van der Waals surface area contributed by atoms with Crippen LogP contribution in [-0.4, -0.2) is 36.8 Å². The highest BCUT2D eigenvalue weighted by Gasteiger charge is 2.39. The summed E-state index contributed by atoms with van der Waals surface area (Å²) in [4.78, 5) is 5.31. The molecule has 0 rings (SSSR count). The second kappa shape index (κ2) is 5.80. The Kier molecular flexibility index (Phi) is 5.82. The molecule has 1 unspecified atom stereocenters.